The van der Waals surface area contributed by atoms with E-state index in [1.807, 2.05) is 0 Å². The summed E-state index contributed by atoms with van der Waals surface area (Å²) in [5.74, 6) is 0. The van der Waals surface area contributed by atoms with Gasteiger partial charge in [0.1, 0.15) is 12.6 Å². The second-order valence-electron chi connectivity index (χ2n) is 3.22. The molecule has 1 aliphatic rings. The van der Waals surface area contributed by atoms with Crippen molar-refractivity contribution in [2.24, 2.45) is 0 Å². The van der Waals surface area contributed by atoms with Crippen LogP contribution in [0.5, 0.6) is 0 Å². The smallest absolute Gasteiger partial charge is 0.150 e. The summed E-state index contributed by atoms with van der Waals surface area (Å²) in [5.41, 5.74) is 1.18. The highest BCUT2D eigenvalue weighted by Gasteiger charge is 1.94. The molecule has 1 aliphatic heterocycles. The van der Waals surface area contributed by atoms with Crippen LogP contribution in [0.2, 0.25) is 0 Å². The standard InChI is InChI=1S/C8H6O2.C4H8O/c9-5-7-1-2-8(6-10)4-3-7;1-2-4-5-3-1/h1-6H;1-4H2. The third-order valence-corrected chi connectivity index (χ3v) is 2.04. The highest BCUT2D eigenvalue weighted by molar-refractivity contribution is 5.79. The Morgan fingerprint density at radius 2 is 1.27 bits per heavy atom. The quantitative estimate of drug-likeness (QED) is 0.696. The molecule has 0 spiro atoms. The Morgan fingerprint density at radius 3 is 1.47 bits per heavy atom. The Bertz CT molecular complexity index is 265. The van der Waals surface area contributed by atoms with E-state index in [1.54, 1.807) is 24.3 Å². The van der Waals surface area contributed by atoms with E-state index >= 15 is 0 Å². The van der Waals surface area contributed by atoms with Gasteiger partial charge in [0.2, 0.25) is 0 Å². The zero-order valence-electron chi connectivity index (χ0n) is 8.52. The molecule has 3 heteroatoms. The second kappa shape index (κ2) is 6.90. The van der Waals surface area contributed by atoms with E-state index in [-0.39, 0.29) is 0 Å². The molecule has 1 aromatic carbocycles. The number of rotatable bonds is 2. The lowest BCUT2D eigenvalue weighted by atomic mass is 10.2. The van der Waals surface area contributed by atoms with Gasteiger partial charge in [0.25, 0.3) is 0 Å². The predicted molar refractivity (Wildman–Crippen MR) is 57.3 cm³/mol. The molecule has 0 amide bonds. The van der Waals surface area contributed by atoms with Crippen molar-refractivity contribution in [3.8, 4) is 0 Å². The van der Waals surface area contributed by atoms with Crippen molar-refractivity contribution in [1.82, 2.24) is 0 Å². The van der Waals surface area contributed by atoms with Crippen molar-refractivity contribution >= 4 is 12.6 Å². The molecule has 0 radical (unpaired) electrons. The van der Waals surface area contributed by atoms with E-state index < -0.39 is 0 Å². The molecule has 0 bridgehead atoms. The van der Waals surface area contributed by atoms with Crippen LogP contribution in [0.15, 0.2) is 24.3 Å². The number of hydrogen-bond acceptors (Lipinski definition) is 3. The maximum Gasteiger partial charge on any atom is 0.150 e. The van der Waals surface area contributed by atoms with Gasteiger partial charge in [0, 0.05) is 24.3 Å². The van der Waals surface area contributed by atoms with Gasteiger partial charge in [-0.2, -0.15) is 0 Å². The summed E-state index contributed by atoms with van der Waals surface area (Å²) in [5, 5.41) is 0. The molecular weight excluding hydrogens is 192 g/mol. The number of benzene rings is 1. The lowest BCUT2D eigenvalue weighted by molar-refractivity contribution is 0.111. The van der Waals surface area contributed by atoms with Crippen LogP contribution >= 0.6 is 0 Å². The molecule has 80 valence electrons. The number of carbonyl (C=O) groups excluding carboxylic acids is 2. The minimum atomic E-state index is 0.589. The molecule has 0 N–H and O–H groups in total. The van der Waals surface area contributed by atoms with E-state index in [4.69, 9.17) is 4.74 Å². The van der Waals surface area contributed by atoms with E-state index in [0.29, 0.717) is 11.1 Å². The van der Waals surface area contributed by atoms with Gasteiger partial charge in [-0.05, 0) is 12.8 Å². The zero-order valence-corrected chi connectivity index (χ0v) is 8.52. The largest absolute Gasteiger partial charge is 0.381 e. The molecule has 15 heavy (non-hydrogen) atoms. The van der Waals surface area contributed by atoms with Crippen LogP contribution in [0.1, 0.15) is 33.6 Å². The van der Waals surface area contributed by atoms with Crippen molar-refractivity contribution in [3.63, 3.8) is 0 Å². The Labute approximate surface area is 89.1 Å². The molecule has 0 saturated carbocycles. The van der Waals surface area contributed by atoms with Crippen LogP contribution in [0.25, 0.3) is 0 Å². The van der Waals surface area contributed by atoms with Crippen molar-refractivity contribution < 1.29 is 14.3 Å². The second-order valence-corrected chi connectivity index (χ2v) is 3.22. The lowest BCUT2D eigenvalue weighted by Crippen LogP contribution is -1.81. The lowest BCUT2D eigenvalue weighted by Gasteiger charge is -1.88. The Balaban J connectivity index is 0.000000187. The fraction of sp³-hybridized carbons (Fsp3) is 0.333. The number of hydrogen-bond donors (Lipinski definition) is 0. The van der Waals surface area contributed by atoms with Crippen molar-refractivity contribution in [3.05, 3.63) is 35.4 Å². The van der Waals surface area contributed by atoms with Gasteiger partial charge in [-0.1, -0.05) is 24.3 Å². The first kappa shape index (κ1) is 11.6. The molecule has 1 aromatic rings. The van der Waals surface area contributed by atoms with Crippen LogP contribution in [0.3, 0.4) is 0 Å². The molecule has 0 unspecified atom stereocenters. The van der Waals surface area contributed by atoms with E-state index in [9.17, 15) is 9.59 Å². The summed E-state index contributed by atoms with van der Waals surface area (Å²) in [6.07, 6.45) is 4.04. The molecule has 0 aliphatic carbocycles. The maximum absolute atomic E-state index is 10.1. The first-order chi connectivity index (χ1) is 7.36. The van der Waals surface area contributed by atoms with Gasteiger partial charge in [-0.25, -0.2) is 0 Å². The topological polar surface area (TPSA) is 43.4 Å². The maximum atomic E-state index is 10.1. The fourth-order valence-corrected chi connectivity index (χ4v) is 1.16. The molecule has 2 rings (SSSR count). The van der Waals surface area contributed by atoms with Gasteiger partial charge in [0.05, 0.1) is 0 Å². The normalized spacial score (nSPS) is 13.9. The number of aldehydes is 2. The van der Waals surface area contributed by atoms with Crippen molar-refractivity contribution in [2.75, 3.05) is 13.2 Å². The molecule has 3 nitrogen and oxygen atoms in total. The minimum absolute atomic E-state index is 0.589. The average molecular weight is 206 g/mol. The van der Waals surface area contributed by atoms with E-state index in [0.717, 1.165) is 25.8 Å². The molecule has 1 saturated heterocycles. The average Bonchev–Trinajstić information content (AvgIpc) is 2.88. The summed E-state index contributed by atoms with van der Waals surface area (Å²) in [7, 11) is 0. The summed E-state index contributed by atoms with van der Waals surface area (Å²) < 4.78 is 4.94. The molecule has 0 aromatic heterocycles. The van der Waals surface area contributed by atoms with Crippen LogP contribution in [0.4, 0.5) is 0 Å². The Hall–Kier alpha value is -1.48. The van der Waals surface area contributed by atoms with Gasteiger partial charge in [0.15, 0.2) is 0 Å². The molecule has 0 atom stereocenters. The minimum Gasteiger partial charge on any atom is -0.381 e. The van der Waals surface area contributed by atoms with E-state index in [1.165, 1.54) is 12.8 Å². The third-order valence-electron chi connectivity index (χ3n) is 2.04. The van der Waals surface area contributed by atoms with Crippen LogP contribution < -0.4 is 0 Å². The first-order valence-electron chi connectivity index (χ1n) is 4.95. The predicted octanol–water partition coefficient (Wildman–Crippen LogP) is 2.11. The highest BCUT2D eigenvalue weighted by Crippen LogP contribution is 1.99. The first-order valence-corrected chi connectivity index (χ1v) is 4.95. The van der Waals surface area contributed by atoms with Gasteiger partial charge in [-0.3, -0.25) is 9.59 Å². The summed E-state index contributed by atoms with van der Waals surface area (Å²) in [6.45, 7) is 2.00. The Kier molecular flexibility index (Phi) is 5.33. The Morgan fingerprint density at radius 1 is 0.867 bits per heavy atom. The van der Waals surface area contributed by atoms with Gasteiger partial charge in [-0.15, -0.1) is 0 Å². The number of ether oxygens (including phenoxy) is 1. The summed E-state index contributed by atoms with van der Waals surface area (Å²) in [6, 6.07) is 6.43. The number of carbonyl (C=O) groups is 2. The van der Waals surface area contributed by atoms with Gasteiger partial charge < -0.3 is 4.74 Å². The van der Waals surface area contributed by atoms with Crippen molar-refractivity contribution in [2.45, 2.75) is 12.8 Å². The molecule has 1 heterocycles. The van der Waals surface area contributed by atoms with Gasteiger partial charge >= 0.3 is 0 Å². The fourth-order valence-electron chi connectivity index (χ4n) is 1.16. The third kappa shape index (κ3) is 4.51. The van der Waals surface area contributed by atoms with Crippen molar-refractivity contribution in [1.29, 1.82) is 0 Å². The van der Waals surface area contributed by atoms with Crippen LogP contribution in [-0.4, -0.2) is 25.8 Å². The molecule has 1 fully saturated rings. The summed E-state index contributed by atoms with van der Waals surface area (Å²) in [4.78, 5) is 20.2. The SMILES string of the molecule is C1CCOC1.O=Cc1ccc(C=O)cc1. The monoisotopic (exact) mass is 206 g/mol. The highest BCUT2D eigenvalue weighted by atomic mass is 16.5. The van der Waals surface area contributed by atoms with E-state index in [2.05, 4.69) is 0 Å². The van der Waals surface area contributed by atoms with Crippen LogP contribution in [-0.2, 0) is 4.74 Å². The summed E-state index contributed by atoms with van der Waals surface area (Å²) >= 11 is 0. The van der Waals surface area contributed by atoms with Crippen LogP contribution in [0, 0.1) is 0 Å². The zero-order chi connectivity index (χ0) is 10.9. The molecular formula is C12H14O3.